The molecule has 2 N–H and O–H groups in total. The Morgan fingerprint density at radius 3 is 2.62 bits per heavy atom. The number of hydrogen-bond acceptors (Lipinski definition) is 5. The molecule has 5 rings (SSSR count). The third-order valence-electron chi connectivity index (χ3n) is 7.40. The molecular formula is C29H29ClF3N3O2S. The SMILES string of the molecule is C[C@@H](NCC1CCN(c2cc(C(F)(F)F)c(C(=O)O)cn2)CC1c1ccccc1)c1csc2ccccc12.Cl. The highest BCUT2D eigenvalue weighted by molar-refractivity contribution is 7.17. The van der Waals surface area contributed by atoms with Crippen LogP contribution in [0.25, 0.3) is 10.1 Å². The largest absolute Gasteiger partial charge is 0.478 e. The molecule has 0 saturated carbocycles. The zero-order valence-electron chi connectivity index (χ0n) is 21.2. The average Bonchev–Trinajstić information content (AvgIpc) is 3.36. The van der Waals surface area contributed by atoms with Gasteiger partial charge in [-0.3, -0.25) is 0 Å². The molecule has 1 saturated heterocycles. The van der Waals surface area contributed by atoms with Crippen LogP contribution >= 0.6 is 23.7 Å². The summed E-state index contributed by atoms with van der Waals surface area (Å²) in [6.07, 6.45) is -3.21. The second-order valence-corrected chi connectivity index (χ2v) is 10.6. The Bertz CT molecular complexity index is 1430. The lowest BCUT2D eigenvalue weighted by molar-refractivity contribution is -0.138. The maximum Gasteiger partial charge on any atom is 0.417 e. The number of fused-ring (bicyclic) bond motifs is 1. The molecule has 3 heterocycles. The van der Waals surface area contributed by atoms with Gasteiger partial charge in [-0.15, -0.1) is 23.7 Å². The fraction of sp³-hybridized carbons (Fsp3) is 0.310. The van der Waals surface area contributed by atoms with Crippen molar-refractivity contribution in [1.82, 2.24) is 10.3 Å². The number of benzene rings is 2. The van der Waals surface area contributed by atoms with Gasteiger partial charge in [-0.05, 0) is 59.8 Å². The fourth-order valence-corrected chi connectivity index (χ4v) is 6.38. The first-order valence-corrected chi connectivity index (χ1v) is 13.4. The molecule has 39 heavy (non-hydrogen) atoms. The number of piperidine rings is 1. The van der Waals surface area contributed by atoms with Crippen molar-refractivity contribution >= 4 is 45.6 Å². The van der Waals surface area contributed by atoms with Crippen molar-refractivity contribution < 1.29 is 23.1 Å². The Morgan fingerprint density at radius 2 is 1.90 bits per heavy atom. The molecule has 1 aliphatic rings. The lowest BCUT2D eigenvalue weighted by atomic mass is 9.80. The van der Waals surface area contributed by atoms with E-state index in [0.29, 0.717) is 13.1 Å². The number of carbonyl (C=O) groups is 1. The summed E-state index contributed by atoms with van der Waals surface area (Å²) in [7, 11) is 0. The van der Waals surface area contributed by atoms with E-state index in [1.54, 1.807) is 11.3 Å². The lowest BCUT2D eigenvalue weighted by Gasteiger charge is -2.40. The third-order valence-corrected chi connectivity index (χ3v) is 8.38. The van der Waals surface area contributed by atoms with Crippen molar-refractivity contribution in [3.63, 3.8) is 0 Å². The highest BCUT2D eigenvalue weighted by Gasteiger charge is 2.38. The zero-order chi connectivity index (χ0) is 26.9. The van der Waals surface area contributed by atoms with Gasteiger partial charge in [0.05, 0.1) is 11.1 Å². The normalized spacial score (nSPS) is 18.5. The van der Waals surface area contributed by atoms with Crippen molar-refractivity contribution in [2.75, 3.05) is 24.5 Å². The van der Waals surface area contributed by atoms with Crippen molar-refractivity contribution in [3.05, 3.63) is 94.5 Å². The van der Waals surface area contributed by atoms with Gasteiger partial charge in [-0.25, -0.2) is 9.78 Å². The average molecular weight is 576 g/mol. The minimum Gasteiger partial charge on any atom is -0.478 e. The number of aromatic carboxylic acids is 1. The van der Waals surface area contributed by atoms with Crippen molar-refractivity contribution in [2.45, 2.75) is 31.5 Å². The van der Waals surface area contributed by atoms with E-state index in [1.807, 2.05) is 35.2 Å². The fourth-order valence-electron chi connectivity index (χ4n) is 5.32. The van der Waals surface area contributed by atoms with Crippen LogP contribution in [0.4, 0.5) is 19.0 Å². The zero-order valence-corrected chi connectivity index (χ0v) is 22.8. The molecule has 0 bridgehead atoms. The van der Waals surface area contributed by atoms with E-state index in [0.717, 1.165) is 30.8 Å². The number of pyridine rings is 1. The lowest BCUT2D eigenvalue weighted by Crippen LogP contribution is -2.43. The van der Waals surface area contributed by atoms with E-state index >= 15 is 0 Å². The maximum atomic E-state index is 13.6. The second-order valence-electron chi connectivity index (χ2n) is 9.72. The Morgan fingerprint density at radius 1 is 1.18 bits per heavy atom. The van der Waals surface area contributed by atoms with Gasteiger partial charge in [-0.2, -0.15) is 13.2 Å². The summed E-state index contributed by atoms with van der Waals surface area (Å²) in [5.41, 5.74) is 0.374. The topological polar surface area (TPSA) is 65.5 Å². The van der Waals surface area contributed by atoms with Crippen LogP contribution in [0.1, 0.15) is 52.4 Å². The minimum atomic E-state index is -4.78. The molecule has 0 spiro atoms. The number of nitrogens with one attached hydrogen (secondary N) is 1. The van der Waals surface area contributed by atoms with Gasteiger partial charge in [0, 0.05) is 35.9 Å². The molecular weight excluding hydrogens is 547 g/mol. The van der Waals surface area contributed by atoms with Crippen LogP contribution in [0.2, 0.25) is 0 Å². The Balaban J connectivity index is 0.00000353. The van der Waals surface area contributed by atoms with E-state index in [4.69, 9.17) is 0 Å². The van der Waals surface area contributed by atoms with Crippen molar-refractivity contribution in [2.24, 2.45) is 5.92 Å². The molecule has 10 heteroatoms. The monoisotopic (exact) mass is 575 g/mol. The number of nitrogens with zero attached hydrogens (tertiary/aromatic N) is 2. The predicted octanol–water partition coefficient (Wildman–Crippen LogP) is 7.40. The number of hydrogen-bond donors (Lipinski definition) is 2. The van der Waals surface area contributed by atoms with Gasteiger partial charge in [0.15, 0.2) is 0 Å². The molecule has 1 fully saturated rings. The summed E-state index contributed by atoms with van der Waals surface area (Å²) in [5.74, 6) is -1.16. The molecule has 4 aromatic rings. The van der Waals surface area contributed by atoms with Gasteiger partial charge < -0.3 is 15.3 Å². The van der Waals surface area contributed by atoms with Gasteiger partial charge in [0.25, 0.3) is 0 Å². The summed E-state index contributed by atoms with van der Waals surface area (Å²) in [4.78, 5) is 17.3. The molecule has 2 unspecified atom stereocenters. The summed E-state index contributed by atoms with van der Waals surface area (Å²) in [5, 5.41) is 16.4. The van der Waals surface area contributed by atoms with Crippen LogP contribution in [0.15, 0.2) is 72.2 Å². The predicted molar refractivity (Wildman–Crippen MR) is 151 cm³/mol. The Hall–Kier alpha value is -3.14. The van der Waals surface area contributed by atoms with Crippen molar-refractivity contribution in [1.29, 1.82) is 0 Å². The highest BCUT2D eigenvalue weighted by atomic mass is 35.5. The summed E-state index contributed by atoms with van der Waals surface area (Å²) >= 11 is 1.73. The van der Waals surface area contributed by atoms with Gasteiger partial charge in [0.1, 0.15) is 5.82 Å². The van der Waals surface area contributed by atoms with E-state index in [-0.39, 0.29) is 36.1 Å². The number of carboxylic acid groups (broad SMARTS) is 1. The first kappa shape index (κ1) is 28.9. The number of carboxylic acids is 1. The van der Waals surface area contributed by atoms with Crippen LogP contribution in [-0.2, 0) is 6.18 Å². The summed E-state index contributed by atoms with van der Waals surface area (Å²) in [6.45, 7) is 3.94. The number of alkyl halides is 3. The molecule has 1 aliphatic heterocycles. The molecule has 3 atom stereocenters. The molecule has 2 aromatic carbocycles. The first-order valence-electron chi connectivity index (χ1n) is 12.5. The third kappa shape index (κ3) is 6.21. The van der Waals surface area contributed by atoms with Crippen LogP contribution in [0.5, 0.6) is 0 Å². The molecule has 0 amide bonds. The van der Waals surface area contributed by atoms with Gasteiger partial charge in [0.2, 0.25) is 0 Å². The molecule has 2 aromatic heterocycles. The Labute approximate surface area is 235 Å². The molecule has 0 radical (unpaired) electrons. The summed E-state index contributed by atoms with van der Waals surface area (Å²) < 4.78 is 42.2. The van der Waals surface area contributed by atoms with E-state index < -0.39 is 23.3 Å². The number of thiophene rings is 1. The van der Waals surface area contributed by atoms with E-state index in [1.165, 1.54) is 15.6 Å². The van der Waals surface area contributed by atoms with E-state index in [9.17, 15) is 23.1 Å². The van der Waals surface area contributed by atoms with Gasteiger partial charge >= 0.3 is 12.1 Å². The van der Waals surface area contributed by atoms with E-state index in [2.05, 4.69) is 46.9 Å². The standard InChI is InChI=1S/C29H28F3N3O2S.ClH/c1-18(24-17-38-26-10-6-5-9-21(24)26)33-14-20-11-12-35(16-23(20)19-7-3-2-4-8-19)27-13-25(29(30,31)32)22(15-34-27)28(36)37;/h2-10,13,15,17-18,20,23,33H,11-12,14,16H2,1H3,(H,36,37);1H/t18-,20?,23?;/m1./s1. The van der Waals surface area contributed by atoms with Gasteiger partial charge in [-0.1, -0.05) is 48.5 Å². The minimum absolute atomic E-state index is 0. The number of anilines is 1. The van der Waals surface area contributed by atoms with Crippen LogP contribution < -0.4 is 10.2 Å². The first-order chi connectivity index (χ1) is 18.2. The number of aromatic nitrogens is 1. The highest BCUT2D eigenvalue weighted by Crippen LogP contribution is 2.38. The molecule has 5 nitrogen and oxygen atoms in total. The van der Waals surface area contributed by atoms with Crippen LogP contribution in [0, 0.1) is 5.92 Å². The number of rotatable bonds is 7. The quantitative estimate of drug-likeness (QED) is 0.240. The summed E-state index contributed by atoms with van der Waals surface area (Å²) in [6, 6.07) is 19.4. The molecule has 206 valence electrons. The smallest absolute Gasteiger partial charge is 0.417 e. The van der Waals surface area contributed by atoms with Crippen LogP contribution in [-0.4, -0.2) is 35.7 Å². The van der Waals surface area contributed by atoms with Crippen molar-refractivity contribution in [3.8, 4) is 0 Å². The molecule has 0 aliphatic carbocycles. The number of halogens is 4. The Kier molecular flexibility index (Phi) is 8.83. The van der Waals surface area contributed by atoms with Crippen LogP contribution in [0.3, 0.4) is 0 Å². The second kappa shape index (κ2) is 11.9. The maximum absolute atomic E-state index is 13.6.